The van der Waals surface area contributed by atoms with E-state index in [-0.39, 0.29) is 18.4 Å². The lowest BCUT2D eigenvalue weighted by Crippen LogP contribution is -2.25. The van der Waals surface area contributed by atoms with Crippen molar-refractivity contribution in [3.8, 4) is 17.2 Å². The van der Waals surface area contributed by atoms with Crippen molar-refractivity contribution in [2.24, 2.45) is 5.10 Å². The van der Waals surface area contributed by atoms with Crippen molar-refractivity contribution in [3.63, 3.8) is 0 Å². The van der Waals surface area contributed by atoms with Crippen LogP contribution in [0.1, 0.15) is 36.5 Å². The molecule has 150 valence electrons. The van der Waals surface area contributed by atoms with E-state index in [0.717, 1.165) is 15.6 Å². The van der Waals surface area contributed by atoms with E-state index in [1.807, 2.05) is 31.2 Å². The van der Waals surface area contributed by atoms with Gasteiger partial charge in [0.2, 0.25) is 0 Å². The zero-order valence-electron chi connectivity index (χ0n) is 16.7. The zero-order valence-corrected chi connectivity index (χ0v) is 18.3. The Morgan fingerprint density at radius 3 is 2.61 bits per heavy atom. The molecule has 0 aliphatic heterocycles. The molecule has 7 heteroatoms. The topological polar surface area (TPSA) is 69.2 Å². The number of nitrogens with zero attached hydrogens (tertiary/aromatic N) is 1. The number of nitrogens with one attached hydrogen (secondary N) is 1. The molecule has 0 aromatic heterocycles. The molecule has 0 saturated heterocycles. The first-order chi connectivity index (χ1) is 13.4. The number of rotatable bonds is 8. The summed E-state index contributed by atoms with van der Waals surface area (Å²) in [4.78, 5) is 12.1. The van der Waals surface area contributed by atoms with Gasteiger partial charge in [-0.3, -0.25) is 4.79 Å². The minimum atomic E-state index is -0.353. The number of hydrogen-bond acceptors (Lipinski definition) is 5. The van der Waals surface area contributed by atoms with Gasteiger partial charge in [0.1, 0.15) is 5.75 Å². The lowest BCUT2D eigenvalue weighted by Gasteiger charge is -2.15. The number of para-hydroxylation sites is 1. The van der Waals surface area contributed by atoms with Crippen LogP contribution in [-0.2, 0) is 4.79 Å². The molecule has 2 aromatic carbocycles. The molecule has 0 atom stereocenters. The monoisotopic (exact) mass is 448 g/mol. The Kier molecular flexibility index (Phi) is 7.87. The summed E-state index contributed by atoms with van der Waals surface area (Å²) in [6.07, 6.45) is 1.50. The van der Waals surface area contributed by atoms with Gasteiger partial charge in [-0.25, -0.2) is 5.43 Å². The second-order valence-corrected chi connectivity index (χ2v) is 7.31. The summed E-state index contributed by atoms with van der Waals surface area (Å²) >= 11 is 3.53. The van der Waals surface area contributed by atoms with Crippen LogP contribution in [0.15, 0.2) is 39.9 Å². The lowest BCUT2D eigenvalue weighted by molar-refractivity contribution is -0.123. The summed E-state index contributed by atoms with van der Waals surface area (Å²) in [5.41, 5.74) is 5.23. The Labute approximate surface area is 174 Å². The molecule has 0 aliphatic rings. The van der Waals surface area contributed by atoms with Crippen LogP contribution in [0, 0.1) is 6.92 Å². The van der Waals surface area contributed by atoms with E-state index in [1.54, 1.807) is 20.3 Å². The van der Waals surface area contributed by atoms with E-state index in [1.165, 1.54) is 6.21 Å². The molecule has 0 saturated carbocycles. The molecule has 28 heavy (non-hydrogen) atoms. The molecular formula is C21H25BrN2O4. The van der Waals surface area contributed by atoms with E-state index in [9.17, 15) is 4.79 Å². The number of methoxy groups -OCH3 is 2. The fraction of sp³-hybridized carbons (Fsp3) is 0.333. The van der Waals surface area contributed by atoms with E-state index in [4.69, 9.17) is 14.2 Å². The minimum Gasteiger partial charge on any atom is -0.493 e. The van der Waals surface area contributed by atoms with Gasteiger partial charge in [0, 0.05) is 10.0 Å². The average molecular weight is 449 g/mol. The summed E-state index contributed by atoms with van der Waals surface area (Å²) in [6, 6.07) is 9.37. The first-order valence-corrected chi connectivity index (χ1v) is 9.62. The summed E-state index contributed by atoms with van der Waals surface area (Å²) in [5.74, 6) is 1.75. The quantitative estimate of drug-likeness (QED) is 0.478. The molecule has 0 fully saturated rings. The second kappa shape index (κ2) is 10.1. The number of carbonyl (C=O) groups is 1. The number of benzene rings is 2. The maximum atomic E-state index is 12.1. The molecule has 1 N–H and O–H groups in total. The van der Waals surface area contributed by atoms with Crippen LogP contribution in [0.2, 0.25) is 0 Å². The standard InChI is InChI=1S/C21H25BrN2O4/c1-13(2)16-10-17(22)14(3)9-19(16)28-12-20(25)24-23-11-15-7-6-8-18(26-4)21(15)27-5/h6-11,13H,12H2,1-5H3,(H,24,25)/b23-11-. The molecule has 2 rings (SSSR count). The second-order valence-electron chi connectivity index (χ2n) is 6.46. The van der Waals surface area contributed by atoms with Crippen LogP contribution < -0.4 is 19.6 Å². The van der Waals surface area contributed by atoms with Gasteiger partial charge in [-0.1, -0.05) is 35.8 Å². The number of amides is 1. The molecule has 0 aliphatic carbocycles. The minimum absolute atomic E-state index is 0.132. The third-order valence-corrected chi connectivity index (χ3v) is 4.95. The van der Waals surface area contributed by atoms with Gasteiger partial charge in [-0.05, 0) is 48.2 Å². The van der Waals surface area contributed by atoms with Gasteiger partial charge in [0.05, 0.1) is 20.4 Å². The number of carbonyl (C=O) groups excluding carboxylic acids is 1. The maximum absolute atomic E-state index is 12.1. The summed E-state index contributed by atoms with van der Waals surface area (Å²) in [5, 5.41) is 3.98. The molecule has 0 radical (unpaired) electrons. The zero-order chi connectivity index (χ0) is 20.7. The first kappa shape index (κ1) is 21.8. The average Bonchev–Trinajstić information content (AvgIpc) is 2.67. The molecular weight excluding hydrogens is 424 g/mol. The molecule has 0 heterocycles. The third kappa shape index (κ3) is 5.48. The highest BCUT2D eigenvalue weighted by Gasteiger charge is 2.12. The van der Waals surface area contributed by atoms with E-state index in [2.05, 4.69) is 40.3 Å². The number of aryl methyl sites for hydroxylation is 1. The Morgan fingerprint density at radius 2 is 1.96 bits per heavy atom. The first-order valence-electron chi connectivity index (χ1n) is 8.83. The molecule has 2 aromatic rings. The maximum Gasteiger partial charge on any atom is 0.277 e. The van der Waals surface area contributed by atoms with Crippen LogP contribution in [0.25, 0.3) is 0 Å². The third-order valence-electron chi connectivity index (χ3n) is 4.10. The van der Waals surface area contributed by atoms with Gasteiger partial charge in [0.25, 0.3) is 5.91 Å². The Morgan fingerprint density at radius 1 is 1.21 bits per heavy atom. The predicted octanol–water partition coefficient (Wildman–Crippen LogP) is 4.43. The molecule has 1 amide bonds. The van der Waals surface area contributed by atoms with Crippen LogP contribution in [0.3, 0.4) is 0 Å². The molecule has 6 nitrogen and oxygen atoms in total. The number of hydrazone groups is 1. The highest BCUT2D eigenvalue weighted by molar-refractivity contribution is 9.10. The van der Waals surface area contributed by atoms with Crippen LogP contribution in [-0.4, -0.2) is 32.9 Å². The highest BCUT2D eigenvalue weighted by atomic mass is 79.9. The van der Waals surface area contributed by atoms with Crippen molar-refractivity contribution >= 4 is 28.1 Å². The Hall–Kier alpha value is -2.54. The van der Waals surface area contributed by atoms with Crippen LogP contribution in [0.5, 0.6) is 17.2 Å². The number of halogens is 1. The van der Waals surface area contributed by atoms with Crippen molar-refractivity contribution in [3.05, 3.63) is 51.5 Å². The number of ether oxygens (including phenoxy) is 3. The SMILES string of the molecule is COc1cccc(/C=N\NC(=O)COc2cc(C)c(Br)cc2C(C)C)c1OC. The summed E-state index contributed by atoms with van der Waals surface area (Å²) < 4.78 is 17.3. The smallest absolute Gasteiger partial charge is 0.277 e. The molecule has 0 bridgehead atoms. The Balaban J connectivity index is 2.01. The molecule has 0 spiro atoms. The van der Waals surface area contributed by atoms with E-state index < -0.39 is 0 Å². The van der Waals surface area contributed by atoms with Crippen molar-refractivity contribution in [2.75, 3.05) is 20.8 Å². The molecule has 0 unspecified atom stereocenters. The van der Waals surface area contributed by atoms with Gasteiger partial charge >= 0.3 is 0 Å². The predicted molar refractivity (Wildman–Crippen MR) is 114 cm³/mol. The van der Waals surface area contributed by atoms with E-state index in [0.29, 0.717) is 22.8 Å². The van der Waals surface area contributed by atoms with Gasteiger partial charge in [-0.15, -0.1) is 0 Å². The van der Waals surface area contributed by atoms with Gasteiger partial charge in [-0.2, -0.15) is 5.10 Å². The van der Waals surface area contributed by atoms with Crippen LogP contribution in [0.4, 0.5) is 0 Å². The Bertz CT molecular complexity index is 866. The summed E-state index contributed by atoms with van der Waals surface area (Å²) in [6.45, 7) is 6.01. The number of hydrogen-bond donors (Lipinski definition) is 1. The fourth-order valence-electron chi connectivity index (χ4n) is 2.61. The van der Waals surface area contributed by atoms with Crippen LogP contribution >= 0.6 is 15.9 Å². The highest BCUT2D eigenvalue weighted by Crippen LogP contribution is 2.32. The van der Waals surface area contributed by atoms with Crippen molar-refractivity contribution < 1.29 is 19.0 Å². The van der Waals surface area contributed by atoms with Gasteiger partial charge in [0.15, 0.2) is 18.1 Å². The van der Waals surface area contributed by atoms with Gasteiger partial charge < -0.3 is 14.2 Å². The summed E-state index contributed by atoms with van der Waals surface area (Å²) in [7, 11) is 3.11. The van der Waals surface area contributed by atoms with Crippen molar-refractivity contribution in [1.29, 1.82) is 0 Å². The normalized spacial score (nSPS) is 11.0. The lowest BCUT2D eigenvalue weighted by atomic mass is 10.0. The van der Waals surface area contributed by atoms with E-state index >= 15 is 0 Å². The van der Waals surface area contributed by atoms with Crippen molar-refractivity contribution in [2.45, 2.75) is 26.7 Å². The van der Waals surface area contributed by atoms with Crippen molar-refractivity contribution in [1.82, 2.24) is 5.43 Å². The largest absolute Gasteiger partial charge is 0.493 e. The fourth-order valence-corrected chi connectivity index (χ4v) is 2.97.